The van der Waals surface area contributed by atoms with Gasteiger partial charge < -0.3 is 0 Å². The van der Waals surface area contributed by atoms with Crippen LogP contribution in [0.4, 0.5) is 8.78 Å². The Morgan fingerprint density at radius 2 is 0.716 bits per heavy atom. The van der Waals surface area contributed by atoms with E-state index in [1.54, 1.807) is 18.2 Å². The van der Waals surface area contributed by atoms with Crippen LogP contribution in [0.3, 0.4) is 0 Å². The molecule has 0 radical (unpaired) electrons. The van der Waals surface area contributed by atoms with E-state index in [9.17, 15) is 0 Å². The minimum atomic E-state index is -0.249. The summed E-state index contributed by atoms with van der Waals surface area (Å²) in [6.45, 7) is 0. The van der Waals surface area contributed by atoms with Crippen molar-refractivity contribution in [2.24, 2.45) is 0 Å². The normalized spacial score (nSPS) is 13.6. The Morgan fingerprint density at radius 1 is 0.313 bits per heavy atom. The van der Waals surface area contributed by atoms with Gasteiger partial charge in [-0.15, -0.1) is 0 Å². The summed E-state index contributed by atoms with van der Waals surface area (Å²) >= 11 is 0. The molecule has 0 fully saturated rings. The van der Waals surface area contributed by atoms with E-state index in [0.717, 1.165) is 66.1 Å². The molecule has 3 aliphatic carbocycles. The van der Waals surface area contributed by atoms with Crippen LogP contribution in [-0.2, 0) is 0 Å². The Kier molecular flexibility index (Phi) is 7.45. The van der Waals surface area contributed by atoms with Crippen molar-refractivity contribution in [3.8, 4) is 77.9 Å². The van der Waals surface area contributed by atoms with Crippen LogP contribution in [0.5, 0.6) is 0 Å². The number of hydrogen-bond acceptors (Lipinski definition) is 0. The van der Waals surface area contributed by atoms with Crippen LogP contribution in [0.2, 0.25) is 0 Å². The highest BCUT2D eigenvalue weighted by Gasteiger charge is 2.35. The summed E-state index contributed by atoms with van der Waals surface area (Å²) in [6, 6.07) is 64.7. The van der Waals surface area contributed by atoms with Crippen LogP contribution in [0, 0.1) is 5.82 Å². The van der Waals surface area contributed by atoms with Gasteiger partial charge in [-0.2, -0.15) is 0 Å². The Hall–Kier alpha value is -8.46. The van der Waals surface area contributed by atoms with Crippen molar-refractivity contribution in [2.75, 3.05) is 0 Å². The van der Waals surface area contributed by atoms with Crippen LogP contribution in [0.25, 0.3) is 148 Å². The number of allylic oxidation sites excluding steroid dienone is 6. The first-order valence-electron chi connectivity index (χ1n) is 23.1. The topological polar surface area (TPSA) is 0 Å². The molecular weight excluding hydrogens is 819 g/mol. The molecule has 0 aromatic heterocycles. The molecule has 12 aromatic rings. The Morgan fingerprint density at radius 3 is 1.18 bits per heavy atom. The maximum Gasteiger partial charge on any atom is 0.123 e. The smallest absolute Gasteiger partial charge is 0.123 e. The van der Waals surface area contributed by atoms with E-state index in [2.05, 4.69) is 170 Å². The first-order chi connectivity index (χ1) is 33.1. The van der Waals surface area contributed by atoms with Crippen LogP contribution in [-0.4, -0.2) is 0 Å². The third-order valence-electron chi connectivity index (χ3n) is 15.0. The fraction of sp³-hybridized carbons (Fsp3) is 0.0154. The summed E-state index contributed by atoms with van der Waals surface area (Å²) in [7, 11) is 0. The maximum absolute atomic E-state index is 15.5. The third-order valence-corrected chi connectivity index (χ3v) is 15.0. The van der Waals surface area contributed by atoms with Gasteiger partial charge in [-0.05, 0) is 184 Å². The molecule has 0 aliphatic heterocycles. The molecule has 0 spiro atoms. The van der Waals surface area contributed by atoms with Crippen molar-refractivity contribution in [1.29, 1.82) is 0 Å². The Bertz CT molecular complexity index is 4260. The zero-order valence-electron chi connectivity index (χ0n) is 36.1. The summed E-state index contributed by atoms with van der Waals surface area (Å²) in [5.41, 5.74) is 18.1. The van der Waals surface area contributed by atoms with Gasteiger partial charge in [0.1, 0.15) is 11.6 Å². The van der Waals surface area contributed by atoms with Crippen molar-refractivity contribution in [3.63, 3.8) is 0 Å². The molecule has 0 saturated carbocycles. The number of fused-ring (bicyclic) bond motifs is 10. The average molecular weight is 855 g/mol. The van der Waals surface area contributed by atoms with Crippen molar-refractivity contribution >= 4 is 70.2 Å². The van der Waals surface area contributed by atoms with Crippen molar-refractivity contribution in [3.05, 3.63) is 224 Å². The lowest BCUT2D eigenvalue weighted by molar-refractivity contribution is 0.628. The van der Waals surface area contributed by atoms with E-state index in [0.29, 0.717) is 6.42 Å². The van der Waals surface area contributed by atoms with E-state index in [1.807, 2.05) is 12.1 Å². The molecule has 67 heavy (non-hydrogen) atoms. The molecule has 15 rings (SSSR count). The van der Waals surface area contributed by atoms with Gasteiger partial charge in [0.2, 0.25) is 0 Å². The summed E-state index contributed by atoms with van der Waals surface area (Å²) in [5.74, 6) is -0.489. The van der Waals surface area contributed by atoms with Crippen LogP contribution in [0.1, 0.15) is 12.0 Å². The minimum Gasteiger partial charge on any atom is -0.207 e. The van der Waals surface area contributed by atoms with Gasteiger partial charge >= 0.3 is 0 Å². The van der Waals surface area contributed by atoms with E-state index in [4.69, 9.17) is 0 Å². The molecule has 0 nitrogen and oxygen atoms in total. The predicted molar refractivity (Wildman–Crippen MR) is 279 cm³/mol. The van der Waals surface area contributed by atoms with Gasteiger partial charge in [-0.1, -0.05) is 182 Å². The molecular formula is C65H36F2. The molecule has 0 atom stereocenters. The van der Waals surface area contributed by atoms with Gasteiger partial charge in [0, 0.05) is 0 Å². The largest absolute Gasteiger partial charge is 0.207 e. The lowest BCUT2D eigenvalue weighted by Crippen LogP contribution is -1.96. The highest BCUT2D eigenvalue weighted by molar-refractivity contribution is 6.42. The predicted octanol–water partition coefficient (Wildman–Crippen LogP) is 18.7. The zero-order valence-corrected chi connectivity index (χ0v) is 36.1. The fourth-order valence-corrected chi connectivity index (χ4v) is 12.5. The van der Waals surface area contributed by atoms with E-state index >= 15 is 8.78 Å². The van der Waals surface area contributed by atoms with Crippen molar-refractivity contribution in [2.45, 2.75) is 6.42 Å². The summed E-state index contributed by atoms with van der Waals surface area (Å²) < 4.78 is 30.9. The minimum absolute atomic E-state index is 0.239. The number of rotatable bonds is 4. The first kappa shape index (κ1) is 36.8. The lowest BCUT2D eigenvalue weighted by Gasteiger charge is -2.21. The summed E-state index contributed by atoms with van der Waals surface area (Å²) in [6.07, 6.45) is 8.02. The first-order valence-corrected chi connectivity index (χ1v) is 23.1. The van der Waals surface area contributed by atoms with Gasteiger partial charge in [0.15, 0.2) is 0 Å². The van der Waals surface area contributed by atoms with Gasteiger partial charge in [0.25, 0.3) is 0 Å². The van der Waals surface area contributed by atoms with Crippen LogP contribution in [0.15, 0.2) is 212 Å². The van der Waals surface area contributed by atoms with Gasteiger partial charge in [-0.3, -0.25) is 0 Å². The van der Waals surface area contributed by atoms with Crippen molar-refractivity contribution < 1.29 is 8.78 Å². The molecule has 0 unspecified atom stereocenters. The molecule has 0 bridgehead atoms. The second kappa shape index (κ2) is 13.5. The lowest BCUT2D eigenvalue weighted by atomic mass is 9.82. The van der Waals surface area contributed by atoms with E-state index in [-0.39, 0.29) is 11.6 Å². The molecule has 12 aromatic carbocycles. The second-order valence-corrected chi connectivity index (χ2v) is 18.3. The Labute approximate surface area is 385 Å². The molecule has 310 valence electrons. The molecule has 3 aliphatic rings. The number of benzene rings is 12. The Balaban J connectivity index is 1.08. The number of hydrogen-bond donors (Lipinski definition) is 0. The highest BCUT2D eigenvalue weighted by atomic mass is 19.1. The summed E-state index contributed by atoms with van der Waals surface area (Å²) in [5, 5.41) is 14.4. The maximum atomic E-state index is 15.5. The third kappa shape index (κ3) is 4.89. The zero-order chi connectivity index (χ0) is 44.1. The molecule has 2 heteroatoms. The van der Waals surface area contributed by atoms with E-state index in [1.165, 1.54) is 93.7 Å². The molecule has 0 N–H and O–H groups in total. The monoisotopic (exact) mass is 854 g/mol. The van der Waals surface area contributed by atoms with Gasteiger partial charge in [0.05, 0.1) is 0 Å². The fourth-order valence-electron chi connectivity index (χ4n) is 12.5. The molecule has 0 saturated heterocycles. The second-order valence-electron chi connectivity index (χ2n) is 18.3. The SMILES string of the molecule is FC1=CC(c2c3c(c(-c4ccccc4)c4ccccc24)-c2ccc4c5ccc6c7c(ccc(c8ccc-3c2c84)c75)-c2c-6c(-c3cccc(F)c3)c3ccccc3c2-c2ccccc2)=CCC=C1. The number of halogens is 2. The quantitative estimate of drug-likeness (QED) is 0.122. The van der Waals surface area contributed by atoms with Gasteiger partial charge in [-0.25, -0.2) is 8.78 Å². The molecule has 0 heterocycles. The average Bonchev–Trinajstić information content (AvgIpc) is 3.78. The van der Waals surface area contributed by atoms with Crippen LogP contribution < -0.4 is 0 Å². The van der Waals surface area contributed by atoms with E-state index < -0.39 is 0 Å². The molecule has 0 amide bonds. The van der Waals surface area contributed by atoms with Crippen LogP contribution >= 0.6 is 0 Å². The highest BCUT2D eigenvalue weighted by Crippen LogP contribution is 2.62. The summed E-state index contributed by atoms with van der Waals surface area (Å²) in [4.78, 5) is 0. The van der Waals surface area contributed by atoms with Crippen molar-refractivity contribution in [1.82, 2.24) is 0 Å². The standard InChI is InChI=1S/C65H36F2/c66-40-20-8-7-18-38(34-40)56-44-24-11-9-22-42(44)54(36-14-3-1-4-15-36)62-50-30-26-46-49-29-33-53-61-51(31-27-47(59(49)61)48-28-32-52(64(56)62)60(50)58(46)48)63-55(37-16-5-2-6-17-37)43-23-10-12-25-45(43)57(65(53)63)39-19-13-21-41(67)35-39/h1-6,8-35H,7H2.